The molecule has 0 aliphatic rings. The van der Waals surface area contributed by atoms with Crippen LogP contribution in [0.15, 0.2) is 29.2 Å². The quantitative estimate of drug-likeness (QED) is 0.875. The predicted octanol–water partition coefficient (Wildman–Crippen LogP) is 1.33. The number of benzene rings is 1. The molecule has 3 N–H and O–H groups in total. The molecule has 0 bridgehead atoms. The van der Waals surface area contributed by atoms with Gasteiger partial charge in [-0.3, -0.25) is 0 Å². The van der Waals surface area contributed by atoms with E-state index < -0.39 is 21.8 Å². The molecule has 102 valence electrons. The summed E-state index contributed by atoms with van der Waals surface area (Å²) in [5.41, 5.74) is 4.49. The second-order valence-electron chi connectivity index (χ2n) is 3.85. The van der Waals surface area contributed by atoms with Gasteiger partial charge in [-0.2, -0.15) is 13.2 Å². The maximum atomic E-state index is 12.3. The van der Waals surface area contributed by atoms with E-state index in [0.29, 0.717) is 0 Å². The number of sulfonamides is 1. The van der Waals surface area contributed by atoms with E-state index in [-0.39, 0.29) is 17.5 Å². The molecule has 0 radical (unpaired) electrons. The molecule has 0 saturated heterocycles. The number of rotatable bonds is 4. The molecule has 1 rings (SSSR count). The van der Waals surface area contributed by atoms with Gasteiger partial charge in [0.25, 0.3) is 0 Å². The van der Waals surface area contributed by atoms with Crippen LogP contribution >= 0.6 is 0 Å². The number of nitrogens with two attached hydrogens (primary N) is 1. The number of hydrogen-bond acceptors (Lipinski definition) is 3. The van der Waals surface area contributed by atoms with Crippen LogP contribution in [0.25, 0.3) is 0 Å². The molecule has 4 nitrogen and oxygen atoms in total. The van der Waals surface area contributed by atoms with Crippen molar-refractivity contribution in [2.24, 2.45) is 5.73 Å². The minimum Gasteiger partial charge on any atom is -0.327 e. The molecule has 0 aromatic heterocycles. The van der Waals surface area contributed by atoms with E-state index in [1.54, 1.807) is 6.92 Å². The van der Waals surface area contributed by atoms with Crippen molar-refractivity contribution in [3.63, 3.8) is 0 Å². The molecule has 0 aliphatic heterocycles. The zero-order chi connectivity index (χ0) is 14.0. The van der Waals surface area contributed by atoms with Gasteiger partial charge in [-0.15, -0.1) is 0 Å². The van der Waals surface area contributed by atoms with E-state index >= 15 is 0 Å². The van der Waals surface area contributed by atoms with Gasteiger partial charge >= 0.3 is 6.18 Å². The Balaban J connectivity index is 2.91. The summed E-state index contributed by atoms with van der Waals surface area (Å²) in [5.74, 6) is 0. The van der Waals surface area contributed by atoms with Crippen molar-refractivity contribution in [1.82, 2.24) is 4.72 Å². The molecule has 1 aromatic rings. The zero-order valence-corrected chi connectivity index (χ0v) is 10.3. The number of hydrogen-bond donors (Lipinski definition) is 2. The molecular weight excluding hydrogens is 269 g/mol. The number of halogens is 3. The highest BCUT2D eigenvalue weighted by Gasteiger charge is 2.30. The molecule has 0 heterocycles. The van der Waals surface area contributed by atoms with Gasteiger partial charge < -0.3 is 5.73 Å². The number of nitrogens with one attached hydrogen (secondary N) is 1. The fourth-order valence-electron chi connectivity index (χ4n) is 1.15. The maximum Gasteiger partial charge on any atom is 0.416 e. The van der Waals surface area contributed by atoms with Crippen molar-refractivity contribution in [2.75, 3.05) is 6.54 Å². The Morgan fingerprint density at radius 1 is 1.28 bits per heavy atom. The Labute approximate surface area is 103 Å². The lowest BCUT2D eigenvalue weighted by atomic mass is 10.2. The minimum atomic E-state index is -4.48. The first-order valence-corrected chi connectivity index (χ1v) is 6.54. The summed E-state index contributed by atoms with van der Waals surface area (Å²) in [6.07, 6.45) is -4.48. The molecule has 0 spiro atoms. The standard InChI is InChI=1S/C10H13F3N2O2S/c1-7(14)6-15-18(16,17)9-4-2-8(3-5-9)10(11,12)13/h2-5,7,15H,6,14H2,1H3. The molecule has 18 heavy (non-hydrogen) atoms. The summed E-state index contributed by atoms with van der Waals surface area (Å²) in [6, 6.07) is 2.88. The smallest absolute Gasteiger partial charge is 0.327 e. The summed E-state index contributed by atoms with van der Waals surface area (Å²) in [6.45, 7) is 1.62. The van der Waals surface area contributed by atoms with Gasteiger partial charge in [-0.05, 0) is 31.2 Å². The third-order valence-electron chi connectivity index (χ3n) is 2.09. The van der Waals surface area contributed by atoms with E-state index in [0.717, 1.165) is 24.3 Å². The van der Waals surface area contributed by atoms with Crippen molar-refractivity contribution >= 4 is 10.0 Å². The van der Waals surface area contributed by atoms with E-state index in [9.17, 15) is 21.6 Å². The average Bonchev–Trinajstić information content (AvgIpc) is 2.26. The van der Waals surface area contributed by atoms with Crippen LogP contribution in [-0.2, 0) is 16.2 Å². The van der Waals surface area contributed by atoms with Crippen molar-refractivity contribution in [3.8, 4) is 0 Å². The maximum absolute atomic E-state index is 12.3. The lowest BCUT2D eigenvalue weighted by molar-refractivity contribution is -0.137. The Hall–Kier alpha value is -1.12. The first-order chi connectivity index (χ1) is 8.13. The van der Waals surface area contributed by atoms with Crippen LogP contribution in [0.1, 0.15) is 12.5 Å². The Morgan fingerprint density at radius 3 is 2.17 bits per heavy atom. The molecule has 8 heteroatoms. The second-order valence-corrected chi connectivity index (χ2v) is 5.62. The van der Waals surface area contributed by atoms with Gasteiger partial charge in [-0.1, -0.05) is 0 Å². The summed E-state index contributed by atoms with van der Waals surface area (Å²) in [5, 5.41) is 0. The van der Waals surface area contributed by atoms with Crippen LogP contribution in [0.3, 0.4) is 0 Å². The largest absolute Gasteiger partial charge is 0.416 e. The second kappa shape index (κ2) is 5.25. The van der Waals surface area contributed by atoms with Crippen LogP contribution in [-0.4, -0.2) is 21.0 Å². The molecule has 1 aromatic carbocycles. The molecule has 0 amide bonds. The van der Waals surface area contributed by atoms with E-state index in [1.165, 1.54) is 0 Å². The third-order valence-corrected chi connectivity index (χ3v) is 3.53. The van der Waals surface area contributed by atoms with E-state index in [1.807, 2.05) is 0 Å². The summed E-state index contributed by atoms with van der Waals surface area (Å²) in [7, 11) is -3.81. The van der Waals surface area contributed by atoms with Crippen LogP contribution in [0.5, 0.6) is 0 Å². The van der Waals surface area contributed by atoms with Gasteiger partial charge in [0.2, 0.25) is 10.0 Å². The summed E-state index contributed by atoms with van der Waals surface area (Å²) in [4.78, 5) is -0.226. The minimum absolute atomic E-state index is 0.0172. The summed E-state index contributed by atoms with van der Waals surface area (Å²) >= 11 is 0. The Bertz CT molecular complexity index is 495. The van der Waals surface area contributed by atoms with Crippen LogP contribution in [0, 0.1) is 0 Å². The fourth-order valence-corrected chi connectivity index (χ4v) is 2.29. The predicted molar refractivity (Wildman–Crippen MR) is 60.3 cm³/mol. The highest BCUT2D eigenvalue weighted by molar-refractivity contribution is 7.89. The lowest BCUT2D eigenvalue weighted by Gasteiger charge is -2.10. The average molecular weight is 282 g/mol. The molecule has 1 unspecified atom stereocenters. The molecule has 0 aliphatic carbocycles. The first-order valence-electron chi connectivity index (χ1n) is 5.05. The van der Waals surface area contributed by atoms with Crippen molar-refractivity contribution in [2.45, 2.75) is 24.0 Å². The van der Waals surface area contributed by atoms with Gasteiger partial charge in [0, 0.05) is 12.6 Å². The van der Waals surface area contributed by atoms with Crippen molar-refractivity contribution in [3.05, 3.63) is 29.8 Å². The first kappa shape index (κ1) is 14.9. The van der Waals surface area contributed by atoms with Crippen LogP contribution in [0.2, 0.25) is 0 Å². The topological polar surface area (TPSA) is 72.2 Å². The Kier molecular flexibility index (Phi) is 4.36. The normalized spacial score (nSPS) is 14.5. The lowest BCUT2D eigenvalue weighted by Crippen LogP contribution is -2.35. The highest BCUT2D eigenvalue weighted by atomic mass is 32.2. The molecule has 1 atom stereocenters. The van der Waals surface area contributed by atoms with Gasteiger partial charge in [0.15, 0.2) is 0 Å². The molecule has 0 fully saturated rings. The number of alkyl halides is 3. The summed E-state index contributed by atoms with van der Waals surface area (Å²) < 4.78 is 62.4. The van der Waals surface area contributed by atoms with E-state index in [2.05, 4.69) is 4.72 Å². The Morgan fingerprint density at radius 2 is 1.78 bits per heavy atom. The van der Waals surface area contributed by atoms with Gasteiger partial charge in [0.1, 0.15) is 0 Å². The van der Waals surface area contributed by atoms with Gasteiger partial charge in [-0.25, -0.2) is 13.1 Å². The van der Waals surface area contributed by atoms with E-state index in [4.69, 9.17) is 5.73 Å². The van der Waals surface area contributed by atoms with Crippen LogP contribution < -0.4 is 10.5 Å². The van der Waals surface area contributed by atoms with Crippen molar-refractivity contribution in [1.29, 1.82) is 0 Å². The SMILES string of the molecule is CC(N)CNS(=O)(=O)c1ccc(C(F)(F)F)cc1. The fraction of sp³-hybridized carbons (Fsp3) is 0.400. The van der Waals surface area contributed by atoms with Gasteiger partial charge in [0.05, 0.1) is 10.5 Å². The monoisotopic (exact) mass is 282 g/mol. The molecule has 0 saturated carbocycles. The molecular formula is C10H13F3N2O2S. The van der Waals surface area contributed by atoms with Crippen molar-refractivity contribution < 1.29 is 21.6 Å². The highest BCUT2D eigenvalue weighted by Crippen LogP contribution is 2.29. The van der Waals surface area contributed by atoms with Crippen LogP contribution in [0.4, 0.5) is 13.2 Å². The zero-order valence-electron chi connectivity index (χ0n) is 9.53. The third kappa shape index (κ3) is 3.97.